The van der Waals surface area contributed by atoms with Gasteiger partial charge in [0.25, 0.3) is 0 Å². The summed E-state index contributed by atoms with van der Waals surface area (Å²) in [5.41, 5.74) is 2.44. The average Bonchev–Trinajstić information content (AvgIpc) is 3.12. The molecule has 0 radical (unpaired) electrons. The van der Waals surface area contributed by atoms with Gasteiger partial charge in [-0.3, -0.25) is 4.90 Å². The fourth-order valence-electron chi connectivity index (χ4n) is 3.54. The minimum Gasteiger partial charge on any atom is -0.365 e. The molecule has 1 aromatic carbocycles. The number of nitrogens with one attached hydrogen (secondary N) is 1. The van der Waals surface area contributed by atoms with E-state index < -0.39 is 0 Å². The molecule has 2 aromatic heterocycles. The van der Waals surface area contributed by atoms with Gasteiger partial charge in [0.15, 0.2) is 5.82 Å². The summed E-state index contributed by atoms with van der Waals surface area (Å²) in [6.45, 7) is 4.52. The maximum absolute atomic E-state index is 4.42. The number of piperidine rings is 1. The number of hydrogen-bond acceptors (Lipinski definition) is 4. The van der Waals surface area contributed by atoms with Gasteiger partial charge in [0.1, 0.15) is 11.8 Å². The zero-order chi connectivity index (χ0) is 16.4. The monoisotopic (exact) mass is 321 g/mol. The van der Waals surface area contributed by atoms with E-state index in [0.717, 1.165) is 37.3 Å². The molecule has 1 saturated heterocycles. The summed E-state index contributed by atoms with van der Waals surface area (Å²) in [6.07, 6.45) is 5.83. The molecule has 124 valence electrons. The molecule has 5 heteroatoms. The molecule has 3 heterocycles. The molecule has 1 aliphatic heterocycles. The number of hydrogen-bond donors (Lipinski definition) is 1. The van der Waals surface area contributed by atoms with E-state index in [-0.39, 0.29) is 0 Å². The Morgan fingerprint density at radius 1 is 1.08 bits per heavy atom. The van der Waals surface area contributed by atoms with Crippen molar-refractivity contribution in [2.75, 3.05) is 18.4 Å². The van der Waals surface area contributed by atoms with Gasteiger partial charge in [-0.2, -0.15) is 5.10 Å². The molecule has 1 aliphatic rings. The number of benzene rings is 1. The van der Waals surface area contributed by atoms with E-state index in [1.165, 1.54) is 5.56 Å². The number of fused-ring (bicyclic) bond motifs is 1. The third-order valence-electron chi connectivity index (χ3n) is 5.03. The lowest BCUT2D eigenvalue weighted by Gasteiger charge is -2.36. The van der Waals surface area contributed by atoms with Gasteiger partial charge in [-0.25, -0.2) is 9.50 Å². The van der Waals surface area contributed by atoms with E-state index in [0.29, 0.717) is 12.1 Å². The van der Waals surface area contributed by atoms with Crippen LogP contribution in [0.4, 0.5) is 5.82 Å². The SMILES string of the molecule is CC(c1ccccc1)N1CCC(Nc2ncnn3cccc23)CC1. The van der Waals surface area contributed by atoms with Gasteiger partial charge in [-0.1, -0.05) is 30.3 Å². The predicted octanol–water partition coefficient (Wildman–Crippen LogP) is 3.37. The highest BCUT2D eigenvalue weighted by Gasteiger charge is 2.24. The fraction of sp³-hybridized carbons (Fsp3) is 0.368. The van der Waals surface area contributed by atoms with Crippen LogP contribution in [0.3, 0.4) is 0 Å². The molecule has 5 nitrogen and oxygen atoms in total. The van der Waals surface area contributed by atoms with Crippen LogP contribution >= 0.6 is 0 Å². The summed E-state index contributed by atoms with van der Waals surface area (Å²) in [4.78, 5) is 6.99. The Bertz CT molecular complexity index is 790. The highest BCUT2D eigenvalue weighted by molar-refractivity contribution is 5.67. The second-order valence-electron chi connectivity index (χ2n) is 6.49. The van der Waals surface area contributed by atoms with Crippen LogP contribution in [0.15, 0.2) is 55.0 Å². The summed E-state index contributed by atoms with van der Waals surface area (Å²) < 4.78 is 1.86. The van der Waals surface area contributed by atoms with E-state index in [1.54, 1.807) is 6.33 Å². The van der Waals surface area contributed by atoms with E-state index in [2.05, 4.69) is 63.6 Å². The maximum atomic E-state index is 4.42. The first-order chi connectivity index (χ1) is 11.8. The summed E-state index contributed by atoms with van der Waals surface area (Å²) in [7, 11) is 0. The highest BCUT2D eigenvalue weighted by Crippen LogP contribution is 2.25. The molecule has 1 N–H and O–H groups in total. The van der Waals surface area contributed by atoms with Gasteiger partial charge >= 0.3 is 0 Å². The molecule has 0 saturated carbocycles. The molecule has 24 heavy (non-hydrogen) atoms. The zero-order valence-corrected chi connectivity index (χ0v) is 14.0. The number of rotatable bonds is 4. The summed E-state index contributed by atoms with van der Waals surface area (Å²) in [5.74, 6) is 0.935. The second kappa shape index (κ2) is 6.61. The minimum absolute atomic E-state index is 0.470. The fourth-order valence-corrected chi connectivity index (χ4v) is 3.54. The number of aromatic nitrogens is 3. The normalized spacial score (nSPS) is 17.9. The molecular weight excluding hydrogens is 298 g/mol. The van der Waals surface area contributed by atoms with Crippen LogP contribution < -0.4 is 5.32 Å². The molecule has 4 rings (SSSR count). The molecule has 0 spiro atoms. The minimum atomic E-state index is 0.470. The van der Waals surface area contributed by atoms with Gasteiger partial charge in [-0.05, 0) is 37.5 Å². The Morgan fingerprint density at radius 3 is 2.67 bits per heavy atom. The van der Waals surface area contributed by atoms with E-state index in [1.807, 2.05) is 16.8 Å². The highest BCUT2D eigenvalue weighted by atomic mass is 15.3. The Labute approximate surface area is 142 Å². The van der Waals surface area contributed by atoms with Crippen LogP contribution in [0.25, 0.3) is 5.52 Å². The third-order valence-corrected chi connectivity index (χ3v) is 5.03. The first-order valence-electron chi connectivity index (χ1n) is 8.65. The molecule has 3 aromatic rings. The maximum Gasteiger partial charge on any atom is 0.154 e. The number of anilines is 1. The van der Waals surface area contributed by atoms with Crippen LogP contribution in [0.2, 0.25) is 0 Å². The van der Waals surface area contributed by atoms with E-state index in [4.69, 9.17) is 0 Å². The van der Waals surface area contributed by atoms with Gasteiger partial charge in [0.05, 0.1) is 0 Å². The predicted molar refractivity (Wildman–Crippen MR) is 96.1 cm³/mol. The van der Waals surface area contributed by atoms with Crippen LogP contribution in [0.1, 0.15) is 31.4 Å². The van der Waals surface area contributed by atoms with Crippen molar-refractivity contribution in [3.05, 3.63) is 60.6 Å². The topological polar surface area (TPSA) is 45.5 Å². The first kappa shape index (κ1) is 15.1. The Balaban J connectivity index is 1.39. The molecular formula is C19H23N5. The van der Waals surface area contributed by atoms with Gasteiger partial charge in [0, 0.05) is 31.4 Å². The van der Waals surface area contributed by atoms with Crippen molar-refractivity contribution in [1.29, 1.82) is 0 Å². The van der Waals surface area contributed by atoms with Crippen molar-refractivity contribution in [1.82, 2.24) is 19.5 Å². The largest absolute Gasteiger partial charge is 0.365 e. The van der Waals surface area contributed by atoms with Crippen molar-refractivity contribution in [3.63, 3.8) is 0 Å². The Kier molecular flexibility index (Phi) is 4.17. The lowest BCUT2D eigenvalue weighted by molar-refractivity contribution is 0.167. The molecule has 1 atom stereocenters. The van der Waals surface area contributed by atoms with Gasteiger partial charge in [-0.15, -0.1) is 0 Å². The lowest BCUT2D eigenvalue weighted by Crippen LogP contribution is -2.40. The average molecular weight is 321 g/mol. The molecule has 1 fully saturated rings. The summed E-state index contributed by atoms with van der Waals surface area (Å²) >= 11 is 0. The molecule has 1 unspecified atom stereocenters. The lowest BCUT2D eigenvalue weighted by atomic mass is 10.00. The molecule has 0 aliphatic carbocycles. The molecule has 0 amide bonds. The van der Waals surface area contributed by atoms with E-state index in [9.17, 15) is 0 Å². The Hall–Kier alpha value is -2.40. The summed E-state index contributed by atoms with van der Waals surface area (Å²) in [5, 5.41) is 7.83. The van der Waals surface area contributed by atoms with Crippen LogP contribution in [0, 0.1) is 0 Å². The van der Waals surface area contributed by atoms with Gasteiger partial charge < -0.3 is 5.32 Å². The van der Waals surface area contributed by atoms with Crippen molar-refractivity contribution >= 4 is 11.3 Å². The van der Waals surface area contributed by atoms with Crippen LogP contribution in [-0.4, -0.2) is 38.6 Å². The quantitative estimate of drug-likeness (QED) is 0.800. The van der Waals surface area contributed by atoms with Gasteiger partial charge in [0.2, 0.25) is 0 Å². The standard InChI is InChI=1S/C19H23N5/c1-15(16-6-3-2-4-7-16)23-12-9-17(10-13-23)22-19-18-8-5-11-24(18)21-14-20-19/h2-8,11,14-15,17H,9-10,12-13H2,1H3,(H,20,21,22). The van der Waals surface area contributed by atoms with Crippen LogP contribution in [0.5, 0.6) is 0 Å². The number of likely N-dealkylation sites (tertiary alicyclic amines) is 1. The van der Waals surface area contributed by atoms with Crippen LogP contribution in [-0.2, 0) is 0 Å². The summed E-state index contributed by atoms with van der Waals surface area (Å²) in [6, 6.07) is 15.8. The first-order valence-corrected chi connectivity index (χ1v) is 8.65. The third kappa shape index (κ3) is 2.99. The number of nitrogens with zero attached hydrogens (tertiary/aromatic N) is 4. The zero-order valence-electron chi connectivity index (χ0n) is 14.0. The second-order valence-corrected chi connectivity index (χ2v) is 6.49. The molecule has 0 bridgehead atoms. The van der Waals surface area contributed by atoms with Crippen molar-refractivity contribution in [3.8, 4) is 0 Å². The van der Waals surface area contributed by atoms with Crippen molar-refractivity contribution in [2.45, 2.75) is 31.8 Å². The van der Waals surface area contributed by atoms with Crippen molar-refractivity contribution < 1.29 is 0 Å². The van der Waals surface area contributed by atoms with E-state index >= 15 is 0 Å². The van der Waals surface area contributed by atoms with Crippen molar-refractivity contribution in [2.24, 2.45) is 0 Å². The Morgan fingerprint density at radius 2 is 1.88 bits per heavy atom. The smallest absolute Gasteiger partial charge is 0.154 e.